The number of hydrogen-bond acceptors (Lipinski definition) is 3. The summed E-state index contributed by atoms with van der Waals surface area (Å²) in [7, 11) is 0. The van der Waals surface area contributed by atoms with Gasteiger partial charge in [-0.15, -0.1) is 0 Å². The second kappa shape index (κ2) is 6.29. The first-order valence-electron chi connectivity index (χ1n) is 8.64. The Hall–Kier alpha value is -3.15. The van der Waals surface area contributed by atoms with Gasteiger partial charge >= 0.3 is 0 Å². The van der Waals surface area contributed by atoms with Crippen LogP contribution >= 0.6 is 0 Å². The van der Waals surface area contributed by atoms with Crippen molar-refractivity contribution in [2.75, 3.05) is 16.8 Å². The molecule has 0 spiro atoms. The van der Waals surface area contributed by atoms with Gasteiger partial charge < -0.3 is 5.32 Å². The fourth-order valence-electron chi connectivity index (χ4n) is 3.53. The van der Waals surface area contributed by atoms with Crippen molar-refractivity contribution in [2.24, 2.45) is 5.92 Å². The molecule has 1 aliphatic rings. The van der Waals surface area contributed by atoms with Crippen LogP contribution in [0.3, 0.4) is 0 Å². The lowest BCUT2D eigenvalue weighted by atomic mass is 10.1. The first-order chi connectivity index (χ1) is 12.5. The zero-order valence-corrected chi connectivity index (χ0v) is 14.7. The number of carbonyl (C=O) groups is 2. The Morgan fingerprint density at radius 1 is 1.19 bits per heavy atom. The zero-order chi connectivity index (χ0) is 18.3. The normalized spacial score (nSPS) is 17.1. The fraction of sp³-hybridized carbons (Fsp3) is 0.250. The Bertz CT molecular complexity index is 988. The molecule has 0 unspecified atom stereocenters. The molecule has 0 radical (unpaired) electrons. The second-order valence-corrected chi connectivity index (χ2v) is 6.86. The van der Waals surface area contributed by atoms with Crippen LogP contribution in [0, 0.1) is 19.8 Å². The minimum absolute atomic E-state index is 0.0807. The van der Waals surface area contributed by atoms with Crippen LogP contribution < -0.4 is 10.2 Å². The van der Waals surface area contributed by atoms with Gasteiger partial charge in [-0.3, -0.25) is 19.6 Å². The molecule has 0 bridgehead atoms. The Kier molecular flexibility index (Phi) is 3.95. The molecule has 26 heavy (non-hydrogen) atoms. The van der Waals surface area contributed by atoms with E-state index in [1.165, 1.54) is 0 Å². The number of hydrogen-bond donors (Lipinski definition) is 2. The number of H-pyrrole nitrogens is 1. The van der Waals surface area contributed by atoms with E-state index in [0.29, 0.717) is 12.4 Å². The van der Waals surface area contributed by atoms with Crippen LogP contribution in [0.25, 0.3) is 10.9 Å². The van der Waals surface area contributed by atoms with Crippen LogP contribution in [-0.2, 0) is 9.59 Å². The fourth-order valence-corrected chi connectivity index (χ4v) is 3.53. The Morgan fingerprint density at radius 2 is 1.92 bits per heavy atom. The third kappa shape index (κ3) is 2.94. The topological polar surface area (TPSA) is 78.1 Å². The first-order valence-corrected chi connectivity index (χ1v) is 8.64. The van der Waals surface area contributed by atoms with Crippen molar-refractivity contribution in [1.29, 1.82) is 0 Å². The van der Waals surface area contributed by atoms with E-state index in [1.54, 1.807) is 4.90 Å². The number of amides is 2. The number of nitrogens with zero attached hydrogens (tertiary/aromatic N) is 2. The number of aromatic amines is 1. The van der Waals surface area contributed by atoms with Crippen LogP contribution in [0.2, 0.25) is 0 Å². The number of aryl methyl sites for hydroxylation is 2. The molecule has 1 atom stereocenters. The average molecular weight is 348 g/mol. The van der Waals surface area contributed by atoms with Gasteiger partial charge in [-0.25, -0.2) is 0 Å². The SMILES string of the molecule is Cc1cc(C)cc(NC(=O)[C@@H]2CC(=O)N(c3n[nH]c4ccccc34)C2)c1. The summed E-state index contributed by atoms with van der Waals surface area (Å²) >= 11 is 0. The van der Waals surface area contributed by atoms with E-state index in [-0.39, 0.29) is 18.2 Å². The van der Waals surface area contributed by atoms with Crippen molar-refractivity contribution < 1.29 is 9.59 Å². The smallest absolute Gasteiger partial charge is 0.229 e. The summed E-state index contributed by atoms with van der Waals surface area (Å²) < 4.78 is 0. The van der Waals surface area contributed by atoms with Crippen molar-refractivity contribution in [3.63, 3.8) is 0 Å². The molecular weight excluding hydrogens is 328 g/mol. The van der Waals surface area contributed by atoms with Gasteiger partial charge in [-0.1, -0.05) is 18.2 Å². The third-order valence-electron chi connectivity index (χ3n) is 4.69. The van der Waals surface area contributed by atoms with Gasteiger partial charge in [0, 0.05) is 24.0 Å². The predicted octanol–water partition coefficient (Wildman–Crippen LogP) is 3.17. The number of para-hydroxylation sites is 1. The summed E-state index contributed by atoms with van der Waals surface area (Å²) in [5.74, 6) is -0.0143. The predicted molar refractivity (Wildman–Crippen MR) is 101 cm³/mol. The third-order valence-corrected chi connectivity index (χ3v) is 4.69. The molecule has 6 nitrogen and oxygen atoms in total. The van der Waals surface area contributed by atoms with E-state index < -0.39 is 5.92 Å². The number of nitrogens with one attached hydrogen (secondary N) is 2. The van der Waals surface area contributed by atoms with E-state index in [1.807, 2.05) is 50.2 Å². The van der Waals surface area contributed by atoms with Crippen molar-refractivity contribution in [1.82, 2.24) is 10.2 Å². The van der Waals surface area contributed by atoms with Crippen LogP contribution in [0.1, 0.15) is 17.5 Å². The van der Waals surface area contributed by atoms with Gasteiger partial charge in [0.05, 0.1) is 11.4 Å². The molecule has 2 heterocycles. The molecular formula is C20H20N4O2. The molecule has 1 aromatic heterocycles. The molecule has 2 N–H and O–H groups in total. The molecule has 3 aromatic rings. The van der Waals surface area contributed by atoms with E-state index in [4.69, 9.17) is 0 Å². The largest absolute Gasteiger partial charge is 0.326 e. The maximum Gasteiger partial charge on any atom is 0.229 e. The monoisotopic (exact) mass is 348 g/mol. The Morgan fingerprint density at radius 3 is 2.69 bits per heavy atom. The number of rotatable bonds is 3. The van der Waals surface area contributed by atoms with Crippen LogP contribution in [0.15, 0.2) is 42.5 Å². The highest BCUT2D eigenvalue weighted by Crippen LogP contribution is 2.30. The standard InChI is InChI=1S/C20H20N4O2/c1-12-7-13(2)9-15(8-12)21-20(26)14-10-18(25)24(11-14)19-16-5-3-4-6-17(16)22-23-19/h3-9,14H,10-11H2,1-2H3,(H,21,26)(H,22,23)/t14-/m1/s1. The van der Waals surface area contributed by atoms with Crippen LogP contribution in [0.5, 0.6) is 0 Å². The second-order valence-electron chi connectivity index (χ2n) is 6.86. The highest BCUT2D eigenvalue weighted by molar-refractivity contribution is 6.06. The average Bonchev–Trinajstić information content (AvgIpc) is 3.17. The zero-order valence-electron chi connectivity index (χ0n) is 14.7. The van der Waals surface area contributed by atoms with Gasteiger partial charge in [-0.05, 0) is 49.2 Å². The maximum absolute atomic E-state index is 12.6. The number of carbonyl (C=O) groups excluding carboxylic acids is 2. The Labute approximate surface area is 151 Å². The molecule has 1 saturated heterocycles. The van der Waals surface area contributed by atoms with Crippen LogP contribution in [0.4, 0.5) is 11.5 Å². The molecule has 2 amide bonds. The number of fused-ring (bicyclic) bond motifs is 1. The van der Waals surface area contributed by atoms with E-state index in [9.17, 15) is 9.59 Å². The Balaban J connectivity index is 1.53. The molecule has 6 heteroatoms. The molecule has 0 saturated carbocycles. The number of benzene rings is 2. The molecule has 1 aliphatic heterocycles. The number of aromatic nitrogens is 2. The minimum atomic E-state index is -0.390. The van der Waals surface area contributed by atoms with Gasteiger partial charge in [0.15, 0.2) is 5.82 Å². The molecule has 132 valence electrons. The van der Waals surface area contributed by atoms with E-state index >= 15 is 0 Å². The summed E-state index contributed by atoms with van der Waals surface area (Å²) in [4.78, 5) is 26.7. The minimum Gasteiger partial charge on any atom is -0.326 e. The lowest BCUT2D eigenvalue weighted by Gasteiger charge is -2.14. The highest BCUT2D eigenvalue weighted by atomic mass is 16.2. The van der Waals surface area contributed by atoms with Gasteiger partial charge in [0.25, 0.3) is 0 Å². The first kappa shape index (κ1) is 16.3. The highest BCUT2D eigenvalue weighted by Gasteiger charge is 2.36. The summed E-state index contributed by atoms with van der Waals surface area (Å²) in [6.45, 7) is 4.32. The molecule has 2 aromatic carbocycles. The van der Waals surface area contributed by atoms with Crippen molar-refractivity contribution in [3.8, 4) is 0 Å². The summed E-state index contributed by atoms with van der Waals surface area (Å²) in [5.41, 5.74) is 3.82. The van der Waals surface area contributed by atoms with Gasteiger partial charge in [0.2, 0.25) is 11.8 Å². The molecule has 1 fully saturated rings. The lowest BCUT2D eigenvalue weighted by Crippen LogP contribution is -2.28. The van der Waals surface area contributed by atoms with Crippen LogP contribution in [-0.4, -0.2) is 28.6 Å². The van der Waals surface area contributed by atoms with Gasteiger partial charge in [-0.2, -0.15) is 5.10 Å². The van der Waals surface area contributed by atoms with E-state index in [2.05, 4.69) is 21.6 Å². The summed E-state index contributed by atoms with van der Waals surface area (Å²) in [6.07, 6.45) is 0.192. The summed E-state index contributed by atoms with van der Waals surface area (Å²) in [6, 6.07) is 13.6. The van der Waals surface area contributed by atoms with E-state index in [0.717, 1.165) is 27.7 Å². The van der Waals surface area contributed by atoms with Crippen molar-refractivity contribution in [2.45, 2.75) is 20.3 Å². The van der Waals surface area contributed by atoms with Crippen molar-refractivity contribution in [3.05, 3.63) is 53.6 Å². The number of anilines is 2. The maximum atomic E-state index is 12.6. The molecule has 4 rings (SSSR count). The lowest BCUT2D eigenvalue weighted by molar-refractivity contribution is -0.122. The quantitative estimate of drug-likeness (QED) is 0.763. The molecule has 0 aliphatic carbocycles. The van der Waals surface area contributed by atoms with Gasteiger partial charge in [0.1, 0.15) is 0 Å². The van der Waals surface area contributed by atoms with Crippen molar-refractivity contribution >= 4 is 34.2 Å². The summed E-state index contributed by atoms with van der Waals surface area (Å²) in [5, 5.41) is 11.0.